The average molecular weight is 615 g/mol. The number of halogens is 2. The van der Waals surface area contributed by atoms with Crippen LogP contribution in [0.15, 0.2) is 50.7 Å². The van der Waals surface area contributed by atoms with Crippen molar-refractivity contribution in [1.29, 1.82) is 0 Å². The van der Waals surface area contributed by atoms with Gasteiger partial charge in [-0.3, -0.25) is 9.36 Å². The third kappa shape index (κ3) is 4.68. The van der Waals surface area contributed by atoms with Gasteiger partial charge in [-0.1, -0.05) is 42.3 Å². The summed E-state index contributed by atoms with van der Waals surface area (Å²) >= 11 is 10.9. The van der Waals surface area contributed by atoms with Gasteiger partial charge < -0.3 is 9.84 Å². The number of benzene rings is 1. The Morgan fingerprint density at radius 3 is 2.85 bits per heavy atom. The molecule has 1 aromatic carbocycles. The zero-order chi connectivity index (χ0) is 23.7. The van der Waals surface area contributed by atoms with Crippen molar-refractivity contribution in [1.82, 2.24) is 4.57 Å². The fourth-order valence-corrected chi connectivity index (χ4v) is 6.57. The highest BCUT2D eigenvalue weighted by molar-refractivity contribution is 14.1. The standard InChI is InChI=1S/C23H20ClIN2O4S2/c1-3-6-15-18(22(30)31-4-2)19(16-7-5-8-32-16)27-21(29)17(33-23(27)26-15)10-12-9-13(24)11-14(25)20(12)28/h5,7-11,19,28H,3-4,6H2,1-2H3/b17-10-/t19-/m0/s1. The van der Waals surface area contributed by atoms with Gasteiger partial charge in [0.1, 0.15) is 11.8 Å². The van der Waals surface area contributed by atoms with Crippen molar-refractivity contribution >= 4 is 68.9 Å². The van der Waals surface area contributed by atoms with E-state index in [1.807, 2.05) is 47.0 Å². The van der Waals surface area contributed by atoms with E-state index in [2.05, 4.69) is 0 Å². The number of phenols is 1. The van der Waals surface area contributed by atoms with Gasteiger partial charge in [0, 0.05) is 15.5 Å². The SMILES string of the molecule is CCCC1=C(C(=O)OCC)[C@H](c2cccs2)n2c(s/c(=C\c3cc(Cl)cc(I)c3O)c2=O)=N1. The number of hydrogen-bond acceptors (Lipinski definition) is 7. The van der Waals surface area contributed by atoms with E-state index in [0.717, 1.165) is 11.3 Å². The number of esters is 1. The molecule has 0 aliphatic carbocycles. The number of hydrogen-bond donors (Lipinski definition) is 1. The molecule has 0 spiro atoms. The molecule has 1 aliphatic rings. The van der Waals surface area contributed by atoms with Crippen LogP contribution in [0, 0.1) is 3.57 Å². The van der Waals surface area contributed by atoms with E-state index in [1.54, 1.807) is 29.7 Å². The molecule has 6 nitrogen and oxygen atoms in total. The van der Waals surface area contributed by atoms with Crippen LogP contribution in [0.3, 0.4) is 0 Å². The van der Waals surface area contributed by atoms with Gasteiger partial charge in [-0.2, -0.15) is 0 Å². The quantitative estimate of drug-likeness (QED) is 0.325. The maximum Gasteiger partial charge on any atom is 0.338 e. The molecule has 172 valence electrons. The number of aromatic nitrogens is 1. The number of nitrogens with zero attached hydrogens (tertiary/aromatic N) is 2. The van der Waals surface area contributed by atoms with E-state index in [1.165, 1.54) is 22.7 Å². The fraction of sp³-hybridized carbons (Fsp3) is 0.261. The van der Waals surface area contributed by atoms with Crippen molar-refractivity contribution < 1.29 is 14.6 Å². The zero-order valence-corrected chi connectivity index (χ0v) is 22.3. The van der Waals surface area contributed by atoms with Gasteiger partial charge in [-0.05, 0) is 65.6 Å². The molecule has 0 saturated heterocycles. The summed E-state index contributed by atoms with van der Waals surface area (Å²) in [6, 6.07) is 6.45. The predicted octanol–water partition coefficient (Wildman–Crippen LogP) is 4.60. The molecular formula is C23H20ClIN2O4S2. The van der Waals surface area contributed by atoms with Gasteiger partial charge in [0.05, 0.1) is 26.0 Å². The molecular weight excluding hydrogens is 595 g/mol. The van der Waals surface area contributed by atoms with E-state index >= 15 is 0 Å². The number of ether oxygens (including phenoxy) is 1. The van der Waals surface area contributed by atoms with Crippen molar-refractivity contribution in [3.8, 4) is 5.75 Å². The van der Waals surface area contributed by atoms with E-state index in [9.17, 15) is 14.7 Å². The number of carbonyl (C=O) groups excluding carboxylic acids is 1. The molecule has 0 radical (unpaired) electrons. The van der Waals surface area contributed by atoms with Gasteiger partial charge in [0.2, 0.25) is 0 Å². The molecule has 4 rings (SSSR count). The molecule has 2 aromatic heterocycles. The number of thiophene rings is 1. The second-order valence-corrected chi connectivity index (χ2v) is 10.8. The van der Waals surface area contributed by atoms with Crippen LogP contribution in [0.25, 0.3) is 6.08 Å². The van der Waals surface area contributed by atoms with Crippen LogP contribution in [0.2, 0.25) is 5.02 Å². The zero-order valence-electron chi connectivity index (χ0n) is 17.8. The van der Waals surface area contributed by atoms with Crippen molar-refractivity contribution in [2.75, 3.05) is 6.61 Å². The highest BCUT2D eigenvalue weighted by Gasteiger charge is 2.34. The minimum absolute atomic E-state index is 0.0551. The predicted molar refractivity (Wildman–Crippen MR) is 140 cm³/mol. The Balaban J connectivity index is 2.00. The Morgan fingerprint density at radius 2 is 2.18 bits per heavy atom. The molecule has 33 heavy (non-hydrogen) atoms. The van der Waals surface area contributed by atoms with Gasteiger partial charge in [-0.15, -0.1) is 11.3 Å². The Morgan fingerprint density at radius 1 is 1.39 bits per heavy atom. The lowest BCUT2D eigenvalue weighted by Crippen LogP contribution is -2.39. The van der Waals surface area contributed by atoms with Gasteiger partial charge >= 0.3 is 5.97 Å². The van der Waals surface area contributed by atoms with Crippen LogP contribution in [0.4, 0.5) is 0 Å². The lowest BCUT2D eigenvalue weighted by Gasteiger charge is -2.24. The molecule has 1 aliphatic heterocycles. The first-order chi connectivity index (χ1) is 15.8. The Hall–Kier alpha value is -1.95. The Labute approximate surface area is 216 Å². The average Bonchev–Trinajstić information content (AvgIpc) is 3.40. The lowest BCUT2D eigenvalue weighted by molar-refractivity contribution is -0.139. The summed E-state index contributed by atoms with van der Waals surface area (Å²) in [4.78, 5) is 32.7. The second-order valence-electron chi connectivity index (χ2n) is 7.25. The maximum atomic E-state index is 13.6. The number of allylic oxidation sites excluding steroid dienone is 1. The minimum atomic E-state index is -0.614. The summed E-state index contributed by atoms with van der Waals surface area (Å²) in [5, 5.41) is 12.8. The maximum absolute atomic E-state index is 13.6. The molecule has 3 heterocycles. The van der Waals surface area contributed by atoms with Crippen molar-refractivity contribution in [3.63, 3.8) is 0 Å². The van der Waals surface area contributed by atoms with Crippen molar-refractivity contribution in [2.45, 2.75) is 32.7 Å². The number of rotatable bonds is 6. The first-order valence-electron chi connectivity index (χ1n) is 10.3. The summed E-state index contributed by atoms with van der Waals surface area (Å²) in [7, 11) is 0. The summed E-state index contributed by atoms with van der Waals surface area (Å²) in [6.07, 6.45) is 3.00. The van der Waals surface area contributed by atoms with Crippen LogP contribution < -0.4 is 14.9 Å². The number of fused-ring (bicyclic) bond motifs is 1. The van der Waals surface area contributed by atoms with Crippen molar-refractivity contribution in [2.24, 2.45) is 4.99 Å². The number of phenolic OH excluding ortho intramolecular Hbond substituents is 1. The number of thiazole rings is 1. The first-order valence-corrected chi connectivity index (χ1v) is 13.4. The Kier molecular flexibility index (Phi) is 7.42. The Bertz CT molecular complexity index is 1420. The van der Waals surface area contributed by atoms with Crippen LogP contribution >= 0.6 is 56.9 Å². The fourth-order valence-electron chi connectivity index (χ4n) is 3.67. The van der Waals surface area contributed by atoms with Crippen LogP contribution in [0.1, 0.15) is 43.2 Å². The number of carbonyl (C=O) groups is 1. The molecule has 1 atom stereocenters. The lowest BCUT2D eigenvalue weighted by atomic mass is 9.99. The van der Waals surface area contributed by atoms with Gasteiger partial charge in [0.25, 0.3) is 5.56 Å². The third-order valence-corrected chi connectivity index (χ3v) is 8.00. The van der Waals surface area contributed by atoms with Gasteiger partial charge in [-0.25, -0.2) is 9.79 Å². The summed E-state index contributed by atoms with van der Waals surface area (Å²) in [5.74, 6) is -0.404. The summed E-state index contributed by atoms with van der Waals surface area (Å²) < 4.78 is 7.90. The second kappa shape index (κ2) is 10.1. The van der Waals surface area contributed by atoms with E-state index in [4.69, 9.17) is 21.3 Å². The molecule has 1 N–H and O–H groups in total. The van der Waals surface area contributed by atoms with E-state index in [0.29, 0.717) is 41.2 Å². The molecule has 0 saturated carbocycles. The topological polar surface area (TPSA) is 80.9 Å². The van der Waals surface area contributed by atoms with Crippen LogP contribution in [-0.2, 0) is 9.53 Å². The molecule has 3 aromatic rings. The normalized spacial score (nSPS) is 16.0. The smallest absolute Gasteiger partial charge is 0.338 e. The molecule has 0 bridgehead atoms. The van der Waals surface area contributed by atoms with E-state index in [-0.39, 0.29) is 17.9 Å². The van der Waals surface area contributed by atoms with Crippen LogP contribution in [-0.4, -0.2) is 22.2 Å². The molecule has 10 heteroatoms. The third-order valence-electron chi connectivity index (χ3n) is 5.05. The summed E-state index contributed by atoms with van der Waals surface area (Å²) in [5.41, 5.74) is 1.20. The first kappa shape index (κ1) is 24.2. The highest BCUT2D eigenvalue weighted by Crippen LogP contribution is 2.35. The highest BCUT2D eigenvalue weighted by atomic mass is 127. The molecule has 0 unspecified atom stereocenters. The summed E-state index contributed by atoms with van der Waals surface area (Å²) in [6.45, 7) is 4.01. The van der Waals surface area contributed by atoms with Crippen molar-refractivity contribution in [3.05, 3.63) is 79.6 Å². The largest absolute Gasteiger partial charge is 0.506 e. The molecule has 0 amide bonds. The monoisotopic (exact) mass is 614 g/mol. The van der Waals surface area contributed by atoms with E-state index < -0.39 is 12.0 Å². The minimum Gasteiger partial charge on any atom is -0.506 e. The van der Waals surface area contributed by atoms with Gasteiger partial charge in [0.15, 0.2) is 4.80 Å². The van der Waals surface area contributed by atoms with Crippen LogP contribution in [0.5, 0.6) is 5.75 Å². The molecule has 0 fully saturated rings. The number of aromatic hydroxyl groups is 1.